The molecule has 4 rings (SSSR count). The van der Waals surface area contributed by atoms with Gasteiger partial charge < -0.3 is 19.1 Å². The fourth-order valence-corrected chi connectivity index (χ4v) is 5.18. The molecule has 1 aromatic carbocycles. The molecular weight excluding hydrogens is 350 g/mol. The van der Waals surface area contributed by atoms with Gasteiger partial charge in [-0.2, -0.15) is 0 Å². The smallest absolute Gasteiger partial charge is 0.261 e. The van der Waals surface area contributed by atoms with Crippen LogP contribution in [-0.4, -0.2) is 44.7 Å². The highest BCUT2D eigenvalue weighted by atomic mass is 32.1. The molecule has 0 saturated carbocycles. The van der Waals surface area contributed by atoms with Crippen molar-refractivity contribution in [3.8, 4) is 11.5 Å². The Hall–Kier alpha value is -2.05. The number of rotatable bonds is 3. The van der Waals surface area contributed by atoms with Gasteiger partial charge in [0.2, 0.25) is 0 Å². The Balaban J connectivity index is 1.56. The SMILES string of the molecule is COc1cccc(OC)c1C(=O)N1CCC2(CC1)OCCc1ccsc12. The summed E-state index contributed by atoms with van der Waals surface area (Å²) in [5.41, 5.74) is 1.69. The second-order valence-electron chi connectivity index (χ2n) is 6.70. The summed E-state index contributed by atoms with van der Waals surface area (Å²) in [6.07, 6.45) is 2.63. The predicted octanol–water partition coefficient (Wildman–Crippen LogP) is 3.47. The van der Waals surface area contributed by atoms with E-state index in [9.17, 15) is 4.79 Å². The summed E-state index contributed by atoms with van der Waals surface area (Å²) in [6.45, 7) is 2.09. The first-order valence-corrected chi connectivity index (χ1v) is 9.77. The maximum atomic E-state index is 13.2. The maximum Gasteiger partial charge on any atom is 0.261 e. The molecule has 0 unspecified atom stereocenters. The molecule has 6 heteroatoms. The van der Waals surface area contributed by atoms with Crippen LogP contribution in [0.2, 0.25) is 0 Å². The third-order valence-electron chi connectivity index (χ3n) is 5.41. The molecule has 1 spiro atoms. The number of hydrogen-bond donors (Lipinski definition) is 0. The summed E-state index contributed by atoms with van der Waals surface area (Å²) in [5.74, 6) is 1.05. The van der Waals surface area contributed by atoms with Crippen molar-refractivity contribution in [2.75, 3.05) is 33.9 Å². The molecule has 3 heterocycles. The topological polar surface area (TPSA) is 48.0 Å². The van der Waals surface area contributed by atoms with Gasteiger partial charge in [0.05, 0.1) is 20.8 Å². The lowest BCUT2D eigenvalue weighted by atomic mass is 9.85. The van der Waals surface area contributed by atoms with E-state index in [0.717, 1.165) is 25.9 Å². The Morgan fingerprint density at radius 1 is 1.15 bits per heavy atom. The monoisotopic (exact) mass is 373 g/mol. The number of likely N-dealkylation sites (tertiary alicyclic amines) is 1. The van der Waals surface area contributed by atoms with Crippen molar-refractivity contribution in [1.29, 1.82) is 0 Å². The van der Waals surface area contributed by atoms with E-state index >= 15 is 0 Å². The van der Waals surface area contributed by atoms with Gasteiger partial charge in [0.25, 0.3) is 5.91 Å². The van der Waals surface area contributed by atoms with Crippen LogP contribution in [0, 0.1) is 0 Å². The van der Waals surface area contributed by atoms with E-state index in [1.807, 2.05) is 11.0 Å². The second-order valence-corrected chi connectivity index (χ2v) is 7.61. The number of nitrogens with zero attached hydrogens (tertiary/aromatic N) is 1. The zero-order chi connectivity index (χ0) is 18.1. The number of benzene rings is 1. The van der Waals surface area contributed by atoms with E-state index < -0.39 is 0 Å². The molecule has 2 aliphatic heterocycles. The summed E-state index contributed by atoms with van der Waals surface area (Å²) >= 11 is 1.78. The largest absolute Gasteiger partial charge is 0.496 e. The zero-order valence-corrected chi connectivity index (χ0v) is 15.9. The Bertz CT molecular complexity index is 786. The fraction of sp³-hybridized carbons (Fsp3) is 0.450. The molecule has 0 N–H and O–H groups in total. The van der Waals surface area contributed by atoms with Gasteiger partial charge in [-0.3, -0.25) is 4.79 Å². The van der Waals surface area contributed by atoms with Gasteiger partial charge in [-0.15, -0.1) is 11.3 Å². The van der Waals surface area contributed by atoms with Gasteiger partial charge >= 0.3 is 0 Å². The Morgan fingerprint density at radius 3 is 2.50 bits per heavy atom. The number of ether oxygens (including phenoxy) is 3. The van der Waals surface area contributed by atoms with Crippen LogP contribution in [0.25, 0.3) is 0 Å². The Labute approximate surface area is 157 Å². The molecule has 5 nitrogen and oxygen atoms in total. The van der Waals surface area contributed by atoms with Crippen LogP contribution < -0.4 is 9.47 Å². The molecule has 2 aromatic rings. The van der Waals surface area contributed by atoms with Crippen molar-refractivity contribution >= 4 is 17.2 Å². The van der Waals surface area contributed by atoms with E-state index in [-0.39, 0.29) is 11.5 Å². The minimum Gasteiger partial charge on any atom is -0.496 e. The molecule has 0 atom stereocenters. The molecule has 1 saturated heterocycles. The summed E-state index contributed by atoms with van der Waals surface area (Å²) in [5, 5.41) is 2.15. The number of methoxy groups -OCH3 is 2. The molecule has 1 aromatic heterocycles. The molecule has 1 fully saturated rings. The summed E-state index contributed by atoms with van der Waals surface area (Å²) in [4.78, 5) is 16.4. The Kier molecular flexibility index (Phi) is 4.63. The van der Waals surface area contributed by atoms with Crippen molar-refractivity contribution in [3.05, 3.63) is 45.6 Å². The van der Waals surface area contributed by atoms with Crippen molar-refractivity contribution in [2.24, 2.45) is 0 Å². The molecule has 138 valence electrons. The normalized spacial score (nSPS) is 18.5. The lowest BCUT2D eigenvalue weighted by Gasteiger charge is -2.43. The minimum atomic E-state index is -0.219. The van der Waals surface area contributed by atoms with E-state index in [1.165, 1.54) is 10.4 Å². The quantitative estimate of drug-likeness (QED) is 0.827. The summed E-state index contributed by atoms with van der Waals surface area (Å²) < 4.78 is 17.0. The van der Waals surface area contributed by atoms with Crippen molar-refractivity contribution in [2.45, 2.75) is 24.9 Å². The number of carbonyl (C=O) groups is 1. The van der Waals surface area contributed by atoms with E-state index in [2.05, 4.69) is 11.4 Å². The third-order valence-corrected chi connectivity index (χ3v) is 6.55. The Morgan fingerprint density at radius 2 is 1.85 bits per heavy atom. The first-order chi connectivity index (χ1) is 12.7. The standard InChI is InChI=1S/C20H23NO4S/c1-23-15-4-3-5-16(24-2)17(15)19(22)21-10-8-20(9-11-21)18-14(6-12-25-20)7-13-26-18/h3-5,7,13H,6,8-12H2,1-2H3. The number of thiophene rings is 1. The molecule has 0 aliphatic carbocycles. The van der Waals surface area contributed by atoms with Crippen LogP contribution >= 0.6 is 11.3 Å². The molecular formula is C20H23NO4S. The second kappa shape index (κ2) is 6.93. The fourth-order valence-electron chi connectivity index (χ4n) is 4.02. The molecule has 26 heavy (non-hydrogen) atoms. The van der Waals surface area contributed by atoms with Gasteiger partial charge in [-0.25, -0.2) is 0 Å². The van der Waals surface area contributed by atoms with Crippen molar-refractivity contribution in [3.63, 3.8) is 0 Å². The van der Waals surface area contributed by atoms with Crippen LogP contribution in [0.1, 0.15) is 33.6 Å². The van der Waals surface area contributed by atoms with E-state index in [0.29, 0.717) is 30.2 Å². The molecule has 0 bridgehead atoms. The first kappa shape index (κ1) is 17.4. The van der Waals surface area contributed by atoms with Gasteiger partial charge in [0, 0.05) is 18.0 Å². The lowest BCUT2D eigenvalue weighted by Crippen LogP contribution is -2.48. The zero-order valence-electron chi connectivity index (χ0n) is 15.1. The number of piperidine rings is 1. The number of hydrogen-bond acceptors (Lipinski definition) is 5. The minimum absolute atomic E-state index is 0.0450. The molecule has 1 amide bonds. The average molecular weight is 373 g/mol. The van der Waals surface area contributed by atoms with Crippen LogP contribution in [0.3, 0.4) is 0 Å². The first-order valence-electron chi connectivity index (χ1n) is 8.89. The molecule has 0 radical (unpaired) electrons. The van der Waals surface area contributed by atoms with Crippen molar-refractivity contribution in [1.82, 2.24) is 4.90 Å². The highest BCUT2D eigenvalue weighted by Gasteiger charge is 2.43. The van der Waals surface area contributed by atoms with Gasteiger partial charge in [-0.1, -0.05) is 6.07 Å². The van der Waals surface area contributed by atoms with Crippen LogP contribution in [0.5, 0.6) is 11.5 Å². The van der Waals surface area contributed by atoms with Crippen LogP contribution in [0.4, 0.5) is 0 Å². The predicted molar refractivity (Wildman–Crippen MR) is 100 cm³/mol. The van der Waals surface area contributed by atoms with Crippen LogP contribution in [0.15, 0.2) is 29.6 Å². The van der Waals surface area contributed by atoms with Crippen LogP contribution in [-0.2, 0) is 16.8 Å². The number of amides is 1. The highest BCUT2D eigenvalue weighted by Crippen LogP contribution is 2.44. The molecule has 2 aliphatic rings. The summed E-state index contributed by atoms with van der Waals surface area (Å²) in [6, 6.07) is 7.63. The van der Waals surface area contributed by atoms with Gasteiger partial charge in [0.15, 0.2) is 0 Å². The maximum absolute atomic E-state index is 13.2. The summed E-state index contributed by atoms with van der Waals surface area (Å²) in [7, 11) is 3.15. The average Bonchev–Trinajstić information content (AvgIpc) is 3.18. The van der Waals surface area contributed by atoms with Gasteiger partial charge in [-0.05, 0) is 48.4 Å². The van der Waals surface area contributed by atoms with E-state index in [1.54, 1.807) is 37.7 Å². The third kappa shape index (κ3) is 2.77. The van der Waals surface area contributed by atoms with Gasteiger partial charge in [0.1, 0.15) is 22.7 Å². The lowest BCUT2D eigenvalue weighted by molar-refractivity contribution is -0.0906. The number of fused-ring (bicyclic) bond motifs is 2. The number of carbonyl (C=O) groups excluding carboxylic acids is 1. The van der Waals surface area contributed by atoms with Crippen molar-refractivity contribution < 1.29 is 19.0 Å². The van der Waals surface area contributed by atoms with E-state index in [4.69, 9.17) is 14.2 Å². The highest BCUT2D eigenvalue weighted by molar-refractivity contribution is 7.10.